The second-order valence-corrected chi connectivity index (χ2v) is 5.46. The predicted molar refractivity (Wildman–Crippen MR) is 80.8 cm³/mol. The Morgan fingerprint density at radius 1 is 1.45 bits per heavy atom. The minimum absolute atomic E-state index is 0.110. The Morgan fingerprint density at radius 2 is 2.15 bits per heavy atom. The van der Waals surface area contributed by atoms with Crippen LogP contribution in [0.5, 0.6) is 0 Å². The molecule has 7 heteroatoms. The fraction of sp³-hybridized carbons (Fsp3) is 0.308. The highest BCUT2D eigenvalue weighted by Gasteiger charge is 2.14. The van der Waals surface area contributed by atoms with Crippen LogP contribution in [-0.4, -0.2) is 14.7 Å². The molecule has 0 unspecified atom stereocenters. The standard InChI is InChI=1S/C13H15BrN4O2/c1-8-4-11(14)12(5-13(8)18(19)20)15-6-10-7-16-17(3)9(10)2/h4-5,7,15H,6H2,1-3H3. The largest absolute Gasteiger partial charge is 0.380 e. The number of nitrogens with one attached hydrogen (secondary N) is 1. The van der Waals surface area contributed by atoms with Crippen LogP contribution in [-0.2, 0) is 13.6 Å². The fourth-order valence-electron chi connectivity index (χ4n) is 1.90. The molecule has 2 aromatic rings. The first-order valence-corrected chi connectivity index (χ1v) is 6.85. The third kappa shape index (κ3) is 2.82. The molecule has 1 heterocycles. The molecule has 0 amide bonds. The molecule has 106 valence electrons. The van der Waals surface area contributed by atoms with E-state index < -0.39 is 0 Å². The average molecular weight is 339 g/mol. The molecule has 1 aromatic carbocycles. The summed E-state index contributed by atoms with van der Waals surface area (Å²) in [7, 11) is 1.88. The molecular weight excluding hydrogens is 324 g/mol. The van der Waals surface area contributed by atoms with Crippen LogP contribution in [0.4, 0.5) is 11.4 Å². The Bertz CT molecular complexity index is 667. The van der Waals surface area contributed by atoms with Crippen LogP contribution in [0.15, 0.2) is 22.8 Å². The van der Waals surface area contributed by atoms with Crippen LogP contribution in [0, 0.1) is 24.0 Å². The lowest BCUT2D eigenvalue weighted by Gasteiger charge is -2.09. The monoisotopic (exact) mass is 338 g/mol. The number of nitro groups is 1. The van der Waals surface area contributed by atoms with Gasteiger partial charge in [-0.2, -0.15) is 5.10 Å². The lowest BCUT2D eigenvalue weighted by molar-refractivity contribution is -0.385. The van der Waals surface area contributed by atoms with Crippen LogP contribution in [0.3, 0.4) is 0 Å². The molecule has 6 nitrogen and oxygen atoms in total. The number of benzene rings is 1. The van der Waals surface area contributed by atoms with Gasteiger partial charge in [0.2, 0.25) is 0 Å². The number of aromatic nitrogens is 2. The lowest BCUT2D eigenvalue weighted by atomic mass is 10.1. The van der Waals surface area contributed by atoms with E-state index in [2.05, 4.69) is 26.3 Å². The van der Waals surface area contributed by atoms with Crippen LogP contribution in [0.2, 0.25) is 0 Å². The zero-order chi connectivity index (χ0) is 14.9. The Morgan fingerprint density at radius 3 is 2.70 bits per heavy atom. The minimum Gasteiger partial charge on any atom is -0.380 e. The van der Waals surface area contributed by atoms with Gasteiger partial charge in [0.15, 0.2) is 0 Å². The maximum absolute atomic E-state index is 11.0. The van der Waals surface area contributed by atoms with E-state index >= 15 is 0 Å². The normalized spacial score (nSPS) is 10.6. The zero-order valence-corrected chi connectivity index (χ0v) is 13.1. The second kappa shape index (κ2) is 5.62. The molecule has 0 atom stereocenters. The first-order chi connectivity index (χ1) is 9.40. The highest BCUT2D eigenvalue weighted by Crippen LogP contribution is 2.31. The van der Waals surface area contributed by atoms with Crippen LogP contribution >= 0.6 is 15.9 Å². The second-order valence-electron chi connectivity index (χ2n) is 4.61. The summed E-state index contributed by atoms with van der Waals surface area (Å²) in [6.07, 6.45) is 1.79. The van der Waals surface area contributed by atoms with E-state index in [9.17, 15) is 10.1 Å². The molecule has 0 spiro atoms. The van der Waals surface area contributed by atoms with Gasteiger partial charge in [0.1, 0.15) is 0 Å². The van der Waals surface area contributed by atoms with E-state index in [4.69, 9.17) is 0 Å². The van der Waals surface area contributed by atoms with Gasteiger partial charge in [-0.3, -0.25) is 14.8 Å². The summed E-state index contributed by atoms with van der Waals surface area (Å²) in [6, 6.07) is 3.29. The summed E-state index contributed by atoms with van der Waals surface area (Å²) in [5.41, 5.74) is 3.56. The first-order valence-electron chi connectivity index (χ1n) is 6.06. The predicted octanol–water partition coefficient (Wildman–Crippen LogP) is 3.32. The molecule has 0 saturated carbocycles. The number of rotatable bonds is 4. The highest BCUT2D eigenvalue weighted by molar-refractivity contribution is 9.10. The summed E-state index contributed by atoms with van der Waals surface area (Å²) < 4.78 is 2.60. The molecule has 0 aliphatic carbocycles. The number of anilines is 1. The SMILES string of the molecule is Cc1cc(Br)c(NCc2cnn(C)c2C)cc1[N+](=O)[O-]. The van der Waals surface area contributed by atoms with Crippen molar-refractivity contribution in [3.63, 3.8) is 0 Å². The van der Waals surface area contributed by atoms with E-state index in [1.807, 2.05) is 14.0 Å². The van der Waals surface area contributed by atoms with Crippen LogP contribution in [0.25, 0.3) is 0 Å². The summed E-state index contributed by atoms with van der Waals surface area (Å²) in [4.78, 5) is 10.6. The summed E-state index contributed by atoms with van der Waals surface area (Å²) >= 11 is 3.42. The van der Waals surface area contributed by atoms with Crippen molar-refractivity contribution in [3.8, 4) is 0 Å². The van der Waals surface area contributed by atoms with Gasteiger partial charge >= 0.3 is 0 Å². The van der Waals surface area contributed by atoms with E-state index in [0.717, 1.165) is 15.7 Å². The summed E-state index contributed by atoms with van der Waals surface area (Å²) in [6.45, 7) is 4.27. The average Bonchev–Trinajstić information content (AvgIpc) is 2.69. The van der Waals surface area contributed by atoms with E-state index in [-0.39, 0.29) is 10.6 Å². The summed E-state index contributed by atoms with van der Waals surface area (Å²) in [5.74, 6) is 0. The van der Waals surface area contributed by atoms with Gasteiger partial charge in [0, 0.05) is 41.0 Å². The van der Waals surface area contributed by atoms with Crippen molar-refractivity contribution >= 4 is 27.3 Å². The van der Waals surface area contributed by atoms with Crippen molar-refractivity contribution in [3.05, 3.63) is 49.7 Å². The van der Waals surface area contributed by atoms with Gasteiger partial charge in [-0.05, 0) is 35.8 Å². The third-order valence-electron chi connectivity index (χ3n) is 3.29. The Hall–Kier alpha value is -1.89. The van der Waals surface area contributed by atoms with Gasteiger partial charge in [0.05, 0.1) is 16.8 Å². The Kier molecular flexibility index (Phi) is 4.08. The molecule has 20 heavy (non-hydrogen) atoms. The van der Waals surface area contributed by atoms with Crippen molar-refractivity contribution in [2.45, 2.75) is 20.4 Å². The molecule has 0 saturated heterocycles. The van der Waals surface area contributed by atoms with E-state index in [1.165, 1.54) is 0 Å². The third-order valence-corrected chi connectivity index (χ3v) is 3.94. The topological polar surface area (TPSA) is 73.0 Å². The number of nitro benzene ring substituents is 1. The van der Waals surface area contributed by atoms with E-state index in [0.29, 0.717) is 17.8 Å². The quantitative estimate of drug-likeness (QED) is 0.685. The molecule has 0 bridgehead atoms. The molecule has 2 rings (SSSR count). The van der Waals surface area contributed by atoms with Gasteiger partial charge in [-0.25, -0.2) is 0 Å². The van der Waals surface area contributed by atoms with Gasteiger partial charge in [-0.1, -0.05) is 0 Å². The number of hydrogen-bond acceptors (Lipinski definition) is 4. The Labute approximate surface area is 125 Å². The first kappa shape index (κ1) is 14.5. The number of hydrogen-bond donors (Lipinski definition) is 1. The van der Waals surface area contributed by atoms with Crippen molar-refractivity contribution < 1.29 is 4.92 Å². The zero-order valence-electron chi connectivity index (χ0n) is 11.5. The smallest absolute Gasteiger partial charge is 0.274 e. The maximum atomic E-state index is 11.0. The molecular formula is C13H15BrN4O2. The van der Waals surface area contributed by atoms with Crippen molar-refractivity contribution in [2.24, 2.45) is 7.05 Å². The van der Waals surface area contributed by atoms with Crippen molar-refractivity contribution in [1.82, 2.24) is 9.78 Å². The van der Waals surface area contributed by atoms with Gasteiger partial charge in [-0.15, -0.1) is 0 Å². The van der Waals surface area contributed by atoms with Crippen LogP contribution in [0.1, 0.15) is 16.8 Å². The van der Waals surface area contributed by atoms with E-state index in [1.54, 1.807) is 29.9 Å². The summed E-state index contributed by atoms with van der Waals surface area (Å²) in [5, 5.41) is 18.3. The maximum Gasteiger partial charge on any atom is 0.274 e. The molecule has 0 fully saturated rings. The Balaban J connectivity index is 2.23. The van der Waals surface area contributed by atoms with Gasteiger partial charge < -0.3 is 5.32 Å². The minimum atomic E-state index is -0.373. The lowest BCUT2D eigenvalue weighted by Crippen LogP contribution is -2.03. The molecule has 0 radical (unpaired) electrons. The van der Waals surface area contributed by atoms with Crippen LogP contribution < -0.4 is 5.32 Å². The number of aryl methyl sites for hydroxylation is 2. The molecule has 0 aliphatic rings. The van der Waals surface area contributed by atoms with Gasteiger partial charge in [0.25, 0.3) is 5.69 Å². The molecule has 1 N–H and O–H groups in total. The highest BCUT2D eigenvalue weighted by atomic mass is 79.9. The fourth-order valence-corrected chi connectivity index (χ4v) is 2.50. The number of nitrogens with zero attached hydrogens (tertiary/aromatic N) is 3. The number of halogens is 1. The molecule has 1 aromatic heterocycles. The van der Waals surface area contributed by atoms with Crippen molar-refractivity contribution in [2.75, 3.05) is 5.32 Å². The molecule has 0 aliphatic heterocycles. The van der Waals surface area contributed by atoms with Crippen molar-refractivity contribution in [1.29, 1.82) is 0 Å².